The molecule has 0 aliphatic carbocycles. The monoisotopic (exact) mass is 410 g/mol. The first kappa shape index (κ1) is 23.1. The van der Waals surface area contributed by atoms with Crippen LogP contribution in [0.3, 0.4) is 0 Å². The summed E-state index contributed by atoms with van der Waals surface area (Å²) in [6.07, 6.45) is 1.65. The van der Waals surface area contributed by atoms with Crippen LogP contribution in [0.1, 0.15) is 45.6 Å². The molecule has 2 amide bonds. The summed E-state index contributed by atoms with van der Waals surface area (Å²) in [5.41, 5.74) is 1.85. The zero-order valence-corrected chi connectivity index (χ0v) is 17.9. The highest BCUT2D eigenvalue weighted by Crippen LogP contribution is 2.20. The highest BCUT2D eigenvalue weighted by molar-refractivity contribution is 5.96. The van der Waals surface area contributed by atoms with Gasteiger partial charge in [-0.05, 0) is 36.6 Å². The standard InChI is InChI=1S/C24H30N2O4/c1-24(2,3)23(29)26-20-13-7-12-19(17-20)25-21(27)14-15-22(28)30-16-8-11-18-9-5-4-6-10-18/h4-7,9-10,12-13,17H,8,11,14-16H2,1-3H3,(H,25,27)(H,26,29). The Labute approximate surface area is 178 Å². The van der Waals surface area contributed by atoms with Crippen LogP contribution in [0.25, 0.3) is 0 Å². The van der Waals surface area contributed by atoms with Crippen molar-refractivity contribution in [1.82, 2.24) is 0 Å². The second-order valence-electron chi connectivity index (χ2n) is 8.14. The molecule has 2 rings (SSSR count). The molecule has 2 N–H and O–H groups in total. The molecular weight excluding hydrogens is 380 g/mol. The minimum Gasteiger partial charge on any atom is -0.466 e. The molecule has 0 saturated carbocycles. The van der Waals surface area contributed by atoms with Crippen LogP contribution in [-0.2, 0) is 25.5 Å². The van der Waals surface area contributed by atoms with Gasteiger partial charge in [0.2, 0.25) is 11.8 Å². The number of carbonyl (C=O) groups excluding carboxylic acids is 3. The maximum Gasteiger partial charge on any atom is 0.306 e. The third kappa shape index (κ3) is 8.47. The molecule has 0 aliphatic rings. The normalized spacial score (nSPS) is 10.9. The van der Waals surface area contributed by atoms with Gasteiger partial charge in [0.05, 0.1) is 13.0 Å². The Morgan fingerprint density at radius 3 is 2.20 bits per heavy atom. The molecule has 2 aromatic carbocycles. The van der Waals surface area contributed by atoms with Crippen LogP contribution in [0.4, 0.5) is 11.4 Å². The van der Waals surface area contributed by atoms with E-state index in [-0.39, 0.29) is 30.6 Å². The lowest BCUT2D eigenvalue weighted by Crippen LogP contribution is -2.27. The molecule has 0 atom stereocenters. The number of benzene rings is 2. The van der Waals surface area contributed by atoms with Crippen molar-refractivity contribution in [3.8, 4) is 0 Å². The van der Waals surface area contributed by atoms with Crippen molar-refractivity contribution >= 4 is 29.2 Å². The van der Waals surface area contributed by atoms with Gasteiger partial charge in [0, 0.05) is 23.2 Å². The molecule has 160 valence electrons. The van der Waals surface area contributed by atoms with E-state index in [1.807, 2.05) is 51.1 Å². The van der Waals surface area contributed by atoms with Crippen LogP contribution in [0, 0.1) is 5.41 Å². The summed E-state index contributed by atoms with van der Waals surface area (Å²) in [5, 5.41) is 5.56. The molecule has 0 heterocycles. The van der Waals surface area contributed by atoms with Crippen molar-refractivity contribution in [2.24, 2.45) is 5.41 Å². The lowest BCUT2D eigenvalue weighted by Gasteiger charge is -2.18. The van der Waals surface area contributed by atoms with E-state index in [1.165, 1.54) is 5.56 Å². The topological polar surface area (TPSA) is 84.5 Å². The highest BCUT2D eigenvalue weighted by Gasteiger charge is 2.21. The number of aryl methyl sites for hydroxylation is 1. The minimum atomic E-state index is -0.513. The van der Waals surface area contributed by atoms with E-state index in [1.54, 1.807) is 24.3 Å². The summed E-state index contributed by atoms with van der Waals surface area (Å²) in [4.78, 5) is 36.0. The number of esters is 1. The molecule has 30 heavy (non-hydrogen) atoms. The van der Waals surface area contributed by atoms with Crippen molar-refractivity contribution in [2.45, 2.75) is 46.5 Å². The van der Waals surface area contributed by atoms with Crippen molar-refractivity contribution < 1.29 is 19.1 Å². The third-order valence-corrected chi connectivity index (χ3v) is 4.36. The van der Waals surface area contributed by atoms with Crippen LogP contribution in [0.2, 0.25) is 0 Å². The second-order valence-corrected chi connectivity index (χ2v) is 8.14. The molecule has 0 bridgehead atoms. The van der Waals surface area contributed by atoms with Crippen LogP contribution < -0.4 is 10.6 Å². The molecule has 0 unspecified atom stereocenters. The van der Waals surface area contributed by atoms with Crippen molar-refractivity contribution in [3.63, 3.8) is 0 Å². The summed E-state index contributed by atoms with van der Waals surface area (Å²) in [6, 6.07) is 16.9. The Balaban J connectivity index is 1.69. The lowest BCUT2D eigenvalue weighted by atomic mass is 9.95. The number of rotatable bonds is 9. The van der Waals surface area contributed by atoms with Crippen LogP contribution in [0.15, 0.2) is 54.6 Å². The molecule has 2 aromatic rings. The Morgan fingerprint density at radius 1 is 0.867 bits per heavy atom. The first-order valence-corrected chi connectivity index (χ1v) is 10.1. The van der Waals surface area contributed by atoms with Gasteiger partial charge >= 0.3 is 5.97 Å². The van der Waals surface area contributed by atoms with Crippen molar-refractivity contribution in [3.05, 3.63) is 60.2 Å². The zero-order valence-electron chi connectivity index (χ0n) is 17.9. The van der Waals surface area contributed by atoms with Crippen LogP contribution in [-0.4, -0.2) is 24.4 Å². The number of hydrogen-bond acceptors (Lipinski definition) is 4. The average Bonchev–Trinajstić information content (AvgIpc) is 2.70. The number of anilines is 2. The molecule has 0 spiro atoms. The first-order valence-electron chi connectivity index (χ1n) is 10.1. The maximum atomic E-state index is 12.1. The van der Waals surface area contributed by atoms with Gasteiger partial charge in [0.25, 0.3) is 0 Å². The number of nitrogens with one attached hydrogen (secondary N) is 2. The SMILES string of the molecule is CC(C)(C)C(=O)Nc1cccc(NC(=O)CCC(=O)OCCCc2ccccc2)c1. The predicted octanol–water partition coefficient (Wildman–Crippen LogP) is 4.57. The van der Waals surface area contributed by atoms with E-state index in [2.05, 4.69) is 10.6 Å². The minimum absolute atomic E-state index is 0.0254. The van der Waals surface area contributed by atoms with Gasteiger partial charge in [-0.15, -0.1) is 0 Å². The van der Waals surface area contributed by atoms with E-state index >= 15 is 0 Å². The summed E-state index contributed by atoms with van der Waals surface area (Å²) in [5.74, 6) is -0.777. The van der Waals surface area contributed by atoms with Crippen LogP contribution in [0.5, 0.6) is 0 Å². The fourth-order valence-corrected chi connectivity index (χ4v) is 2.61. The summed E-state index contributed by atoms with van der Waals surface area (Å²) < 4.78 is 5.19. The van der Waals surface area contributed by atoms with E-state index in [9.17, 15) is 14.4 Å². The Morgan fingerprint density at radius 2 is 1.53 bits per heavy atom. The molecule has 6 heteroatoms. The molecular formula is C24H30N2O4. The fourth-order valence-electron chi connectivity index (χ4n) is 2.61. The highest BCUT2D eigenvalue weighted by atomic mass is 16.5. The number of hydrogen-bond donors (Lipinski definition) is 2. The van der Waals surface area contributed by atoms with Gasteiger partial charge < -0.3 is 15.4 Å². The quantitative estimate of drug-likeness (QED) is 0.469. The molecule has 6 nitrogen and oxygen atoms in total. The number of amides is 2. The Hall–Kier alpha value is -3.15. The van der Waals surface area contributed by atoms with Gasteiger partial charge in [-0.1, -0.05) is 57.2 Å². The molecule has 0 radical (unpaired) electrons. The number of carbonyl (C=O) groups is 3. The number of ether oxygens (including phenoxy) is 1. The third-order valence-electron chi connectivity index (χ3n) is 4.36. The Kier molecular flexibility index (Phi) is 8.59. The van der Waals surface area contributed by atoms with Crippen LogP contribution >= 0.6 is 0 Å². The van der Waals surface area contributed by atoms with E-state index in [0.29, 0.717) is 18.0 Å². The smallest absolute Gasteiger partial charge is 0.306 e. The first-order chi connectivity index (χ1) is 14.2. The fraction of sp³-hybridized carbons (Fsp3) is 0.375. The van der Waals surface area contributed by atoms with Gasteiger partial charge in [-0.2, -0.15) is 0 Å². The predicted molar refractivity (Wildman–Crippen MR) is 118 cm³/mol. The lowest BCUT2D eigenvalue weighted by molar-refractivity contribution is -0.144. The van der Waals surface area contributed by atoms with Gasteiger partial charge in [0.1, 0.15) is 0 Å². The van der Waals surface area contributed by atoms with E-state index < -0.39 is 5.41 Å². The summed E-state index contributed by atoms with van der Waals surface area (Å²) >= 11 is 0. The Bertz CT molecular complexity index is 857. The second kappa shape index (κ2) is 11.1. The van der Waals surface area contributed by atoms with Gasteiger partial charge in [-0.25, -0.2) is 0 Å². The van der Waals surface area contributed by atoms with Gasteiger partial charge in [-0.3, -0.25) is 14.4 Å². The summed E-state index contributed by atoms with van der Waals surface area (Å²) in [7, 11) is 0. The van der Waals surface area contributed by atoms with E-state index in [0.717, 1.165) is 12.8 Å². The maximum absolute atomic E-state index is 12.1. The molecule has 0 fully saturated rings. The zero-order chi connectivity index (χ0) is 22.0. The van der Waals surface area contributed by atoms with Gasteiger partial charge in [0.15, 0.2) is 0 Å². The van der Waals surface area contributed by atoms with Crippen molar-refractivity contribution in [1.29, 1.82) is 0 Å². The summed E-state index contributed by atoms with van der Waals surface area (Å²) in [6.45, 7) is 5.82. The van der Waals surface area contributed by atoms with E-state index in [4.69, 9.17) is 4.74 Å². The van der Waals surface area contributed by atoms with Crippen molar-refractivity contribution in [2.75, 3.05) is 17.2 Å². The molecule has 0 aromatic heterocycles. The largest absolute Gasteiger partial charge is 0.466 e. The molecule has 0 saturated heterocycles. The molecule has 0 aliphatic heterocycles. The average molecular weight is 411 g/mol.